The Hall–Kier alpha value is -1.85. The Morgan fingerprint density at radius 2 is 2.14 bits per heavy atom. The van der Waals surface area contributed by atoms with Gasteiger partial charge in [0.05, 0.1) is 25.9 Å². The first-order valence-corrected chi connectivity index (χ1v) is 7.54. The highest BCUT2D eigenvalue weighted by Crippen LogP contribution is 2.32. The Balaban J connectivity index is 1.98. The highest BCUT2D eigenvalue weighted by Gasteiger charge is 2.26. The van der Waals surface area contributed by atoms with E-state index in [1.54, 1.807) is 14.2 Å². The number of hydrogen-bond acceptors (Lipinski definition) is 5. The van der Waals surface area contributed by atoms with Crippen molar-refractivity contribution in [2.45, 2.75) is 19.1 Å². The van der Waals surface area contributed by atoms with Crippen molar-refractivity contribution < 1.29 is 14.2 Å². The molecule has 2 heterocycles. The first kappa shape index (κ1) is 15.1. The molecule has 5 heteroatoms. The number of benzene rings is 1. The van der Waals surface area contributed by atoms with Crippen molar-refractivity contribution in [1.82, 2.24) is 4.98 Å². The first-order chi connectivity index (χ1) is 10.7. The van der Waals surface area contributed by atoms with E-state index in [2.05, 4.69) is 28.9 Å². The second-order valence-electron chi connectivity index (χ2n) is 5.62. The van der Waals surface area contributed by atoms with Gasteiger partial charge >= 0.3 is 0 Å². The zero-order valence-electron chi connectivity index (χ0n) is 13.3. The molecule has 0 radical (unpaired) electrons. The number of pyridine rings is 1. The topological polar surface area (TPSA) is 43.8 Å². The van der Waals surface area contributed by atoms with E-state index in [0.29, 0.717) is 6.61 Å². The second kappa shape index (κ2) is 6.50. The van der Waals surface area contributed by atoms with Crippen LogP contribution in [0.4, 0.5) is 5.69 Å². The van der Waals surface area contributed by atoms with Crippen LogP contribution >= 0.6 is 0 Å². The maximum Gasteiger partial charge on any atom is 0.145 e. The minimum absolute atomic E-state index is 0.0857. The number of ether oxygens (including phenoxy) is 3. The molecule has 2 aromatic rings. The molecule has 0 N–H and O–H groups in total. The van der Waals surface area contributed by atoms with Crippen LogP contribution in [0.3, 0.4) is 0 Å². The maximum absolute atomic E-state index is 5.93. The third kappa shape index (κ3) is 2.87. The van der Waals surface area contributed by atoms with Crippen molar-refractivity contribution in [2.24, 2.45) is 0 Å². The highest BCUT2D eigenvalue weighted by atomic mass is 16.5. The van der Waals surface area contributed by atoms with Gasteiger partial charge in [-0.3, -0.25) is 4.98 Å². The van der Waals surface area contributed by atoms with Gasteiger partial charge in [-0.15, -0.1) is 0 Å². The van der Waals surface area contributed by atoms with E-state index in [1.807, 2.05) is 18.3 Å². The Kier molecular flexibility index (Phi) is 4.45. The molecule has 0 aliphatic carbocycles. The van der Waals surface area contributed by atoms with E-state index in [4.69, 9.17) is 14.2 Å². The lowest BCUT2D eigenvalue weighted by Crippen LogP contribution is -2.48. The molecule has 1 fully saturated rings. The van der Waals surface area contributed by atoms with Crippen molar-refractivity contribution in [3.8, 4) is 5.75 Å². The smallest absolute Gasteiger partial charge is 0.145 e. The van der Waals surface area contributed by atoms with Crippen molar-refractivity contribution >= 4 is 16.6 Å². The van der Waals surface area contributed by atoms with E-state index < -0.39 is 0 Å². The molecule has 3 rings (SSSR count). The van der Waals surface area contributed by atoms with Gasteiger partial charge in [-0.2, -0.15) is 0 Å². The quantitative estimate of drug-likeness (QED) is 0.868. The molecule has 2 unspecified atom stereocenters. The predicted octanol–water partition coefficient (Wildman–Crippen LogP) is 2.48. The molecule has 1 aromatic carbocycles. The number of fused-ring (bicyclic) bond motifs is 1. The lowest BCUT2D eigenvalue weighted by atomic mass is 10.1. The number of aromatic nitrogens is 1. The monoisotopic (exact) mass is 302 g/mol. The molecular formula is C17H22N2O3. The molecule has 1 aliphatic heterocycles. The summed E-state index contributed by atoms with van der Waals surface area (Å²) in [6, 6.07) is 8.09. The molecule has 2 atom stereocenters. The van der Waals surface area contributed by atoms with Crippen LogP contribution in [0.5, 0.6) is 5.75 Å². The lowest BCUT2D eigenvalue weighted by Gasteiger charge is -2.38. The summed E-state index contributed by atoms with van der Waals surface area (Å²) in [6.07, 6.45) is 2.09. The zero-order valence-corrected chi connectivity index (χ0v) is 13.3. The number of methoxy groups -OCH3 is 2. The molecule has 0 saturated carbocycles. The van der Waals surface area contributed by atoms with E-state index in [9.17, 15) is 0 Å². The van der Waals surface area contributed by atoms with Crippen LogP contribution in [0.1, 0.15) is 6.92 Å². The van der Waals surface area contributed by atoms with Gasteiger partial charge in [0.1, 0.15) is 11.3 Å². The summed E-state index contributed by atoms with van der Waals surface area (Å²) < 4.78 is 16.6. The average Bonchev–Trinajstić information content (AvgIpc) is 2.53. The SMILES string of the molecule is COCC1CN(c2ccnc3c(OC)cccc23)CC(C)O1. The second-order valence-corrected chi connectivity index (χ2v) is 5.62. The van der Waals surface area contributed by atoms with Gasteiger partial charge in [0.2, 0.25) is 0 Å². The van der Waals surface area contributed by atoms with E-state index >= 15 is 0 Å². The molecule has 118 valence electrons. The van der Waals surface area contributed by atoms with Crippen molar-refractivity contribution in [2.75, 3.05) is 38.8 Å². The molecule has 22 heavy (non-hydrogen) atoms. The van der Waals surface area contributed by atoms with Crippen LogP contribution in [0.25, 0.3) is 10.9 Å². The van der Waals surface area contributed by atoms with Crippen LogP contribution in [0, 0.1) is 0 Å². The molecule has 1 aliphatic rings. The summed E-state index contributed by atoms with van der Waals surface area (Å²) in [5, 5.41) is 1.10. The van der Waals surface area contributed by atoms with Gasteiger partial charge < -0.3 is 19.1 Å². The molecule has 0 amide bonds. The summed E-state index contributed by atoms with van der Waals surface area (Å²) in [6.45, 7) is 4.37. The van der Waals surface area contributed by atoms with Gasteiger partial charge in [0.15, 0.2) is 0 Å². The maximum atomic E-state index is 5.93. The van der Waals surface area contributed by atoms with E-state index in [-0.39, 0.29) is 12.2 Å². The van der Waals surface area contributed by atoms with Crippen molar-refractivity contribution in [1.29, 1.82) is 0 Å². The number of morpholine rings is 1. The fourth-order valence-corrected chi connectivity index (χ4v) is 3.09. The minimum Gasteiger partial charge on any atom is -0.494 e. The zero-order chi connectivity index (χ0) is 15.5. The van der Waals surface area contributed by atoms with Crippen LogP contribution < -0.4 is 9.64 Å². The summed E-state index contributed by atoms with van der Waals surface area (Å²) >= 11 is 0. The van der Waals surface area contributed by atoms with Crippen LogP contribution in [0.15, 0.2) is 30.5 Å². The molecule has 1 saturated heterocycles. The minimum atomic E-state index is 0.0857. The van der Waals surface area contributed by atoms with Crippen molar-refractivity contribution in [3.63, 3.8) is 0 Å². The summed E-state index contributed by atoms with van der Waals surface area (Å²) in [5.41, 5.74) is 2.06. The molecule has 5 nitrogen and oxygen atoms in total. The van der Waals surface area contributed by atoms with Crippen LogP contribution in [-0.2, 0) is 9.47 Å². The molecular weight excluding hydrogens is 280 g/mol. The fraction of sp³-hybridized carbons (Fsp3) is 0.471. The largest absolute Gasteiger partial charge is 0.494 e. The Bertz CT molecular complexity index is 647. The third-order valence-corrected chi connectivity index (χ3v) is 3.95. The number of para-hydroxylation sites is 1. The van der Waals surface area contributed by atoms with Gasteiger partial charge in [-0.1, -0.05) is 12.1 Å². The highest BCUT2D eigenvalue weighted by molar-refractivity contribution is 5.95. The van der Waals surface area contributed by atoms with E-state index in [0.717, 1.165) is 29.7 Å². The van der Waals surface area contributed by atoms with Gasteiger partial charge in [0, 0.05) is 37.5 Å². The normalized spacial score (nSPS) is 22.0. The Labute approximate surface area is 130 Å². The Morgan fingerprint density at radius 1 is 1.27 bits per heavy atom. The molecule has 0 bridgehead atoms. The van der Waals surface area contributed by atoms with Gasteiger partial charge in [-0.25, -0.2) is 0 Å². The average molecular weight is 302 g/mol. The van der Waals surface area contributed by atoms with Gasteiger partial charge in [0.25, 0.3) is 0 Å². The fourth-order valence-electron chi connectivity index (χ4n) is 3.09. The molecule has 0 spiro atoms. The van der Waals surface area contributed by atoms with Gasteiger partial charge in [-0.05, 0) is 19.1 Å². The summed E-state index contributed by atoms with van der Waals surface area (Å²) in [7, 11) is 3.38. The number of anilines is 1. The lowest BCUT2D eigenvalue weighted by molar-refractivity contribution is -0.0510. The summed E-state index contributed by atoms with van der Waals surface area (Å²) in [5.74, 6) is 0.800. The van der Waals surface area contributed by atoms with Crippen LogP contribution in [-0.4, -0.2) is 51.1 Å². The number of nitrogens with zero attached hydrogens (tertiary/aromatic N) is 2. The van der Waals surface area contributed by atoms with Crippen molar-refractivity contribution in [3.05, 3.63) is 30.5 Å². The Morgan fingerprint density at radius 3 is 2.91 bits per heavy atom. The number of hydrogen-bond donors (Lipinski definition) is 0. The third-order valence-electron chi connectivity index (χ3n) is 3.95. The van der Waals surface area contributed by atoms with E-state index in [1.165, 1.54) is 5.69 Å². The summed E-state index contributed by atoms with van der Waals surface area (Å²) in [4.78, 5) is 6.82. The predicted molar refractivity (Wildman–Crippen MR) is 86.7 cm³/mol. The molecule has 1 aromatic heterocycles. The van der Waals surface area contributed by atoms with Crippen LogP contribution in [0.2, 0.25) is 0 Å². The number of rotatable bonds is 4. The standard InChI is InChI=1S/C17H22N2O3/c1-12-9-19(10-13(22-12)11-20-2)15-7-8-18-17-14(15)5-4-6-16(17)21-3/h4-8,12-13H,9-11H2,1-3H3. The first-order valence-electron chi connectivity index (χ1n) is 7.54.